The van der Waals surface area contributed by atoms with Crippen molar-refractivity contribution in [3.8, 4) is 0 Å². The molecule has 0 N–H and O–H groups in total. The highest BCUT2D eigenvalue weighted by Gasteiger charge is 2.04. The van der Waals surface area contributed by atoms with E-state index in [1.165, 1.54) is 12.3 Å². The van der Waals surface area contributed by atoms with Gasteiger partial charge in [0.15, 0.2) is 5.58 Å². The predicted octanol–water partition coefficient (Wildman–Crippen LogP) is 2.49. The number of fused-ring (bicyclic) bond motifs is 1. The summed E-state index contributed by atoms with van der Waals surface area (Å²) < 4.78 is 4.79. The molecule has 0 bridgehead atoms. The van der Waals surface area contributed by atoms with Crippen LogP contribution in [0.2, 0.25) is 10.0 Å². The summed E-state index contributed by atoms with van der Waals surface area (Å²) in [5, 5.41) is 1.40. The Hall–Kier alpha value is -1.06. The quantitative estimate of drug-likeness (QED) is 0.679. The van der Waals surface area contributed by atoms with Crippen LogP contribution < -0.4 is 5.76 Å². The fourth-order valence-electron chi connectivity index (χ4n) is 1.02. The summed E-state index contributed by atoms with van der Waals surface area (Å²) in [5.41, 5.74) is 0.311. The van der Waals surface area contributed by atoms with Gasteiger partial charge < -0.3 is 4.42 Å². The van der Waals surface area contributed by atoms with Gasteiger partial charge in [-0.1, -0.05) is 23.2 Å². The van der Waals surface area contributed by atoms with Gasteiger partial charge in [0.1, 0.15) is 0 Å². The fourth-order valence-corrected chi connectivity index (χ4v) is 1.57. The molecule has 3 nitrogen and oxygen atoms in total. The van der Waals surface area contributed by atoms with E-state index < -0.39 is 5.76 Å². The Bertz CT molecular complexity index is 521. The van der Waals surface area contributed by atoms with E-state index in [0.29, 0.717) is 21.0 Å². The number of hydrogen-bond acceptors (Lipinski definition) is 3. The van der Waals surface area contributed by atoms with Crippen LogP contribution in [0.15, 0.2) is 27.5 Å². The molecule has 0 saturated heterocycles. The number of halogens is 2. The SMILES string of the molecule is O=c1ncc2cc(Cl)cc(Cl)c2o1. The van der Waals surface area contributed by atoms with E-state index in [2.05, 4.69) is 4.98 Å². The summed E-state index contributed by atoms with van der Waals surface area (Å²) >= 11 is 11.5. The lowest BCUT2D eigenvalue weighted by molar-refractivity contribution is 0.531. The molecule has 1 aromatic heterocycles. The second-order valence-corrected chi connectivity index (χ2v) is 3.28. The van der Waals surface area contributed by atoms with Crippen molar-refractivity contribution in [2.24, 2.45) is 0 Å². The third-order valence-electron chi connectivity index (χ3n) is 1.54. The first kappa shape index (κ1) is 8.53. The summed E-state index contributed by atoms with van der Waals surface area (Å²) in [6.45, 7) is 0. The Kier molecular flexibility index (Phi) is 1.98. The van der Waals surface area contributed by atoms with Crippen LogP contribution in [0.1, 0.15) is 0 Å². The van der Waals surface area contributed by atoms with Gasteiger partial charge in [-0.05, 0) is 12.1 Å². The molecule has 2 rings (SSSR count). The first-order valence-corrected chi connectivity index (χ1v) is 4.17. The number of hydrogen-bond donors (Lipinski definition) is 0. The molecule has 0 radical (unpaired) electrons. The molecule has 66 valence electrons. The molecule has 0 amide bonds. The van der Waals surface area contributed by atoms with Crippen LogP contribution in [0.4, 0.5) is 0 Å². The number of aromatic nitrogens is 1. The molecule has 1 aromatic carbocycles. The standard InChI is InChI=1S/C8H3Cl2NO2/c9-5-1-4-3-11-8(12)13-7(4)6(10)2-5/h1-3H. The third-order valence-corrected chi connectivity index (χ3v) is 2.03. The zero-order chi connectivity index (χ0) is 9.42. The van der Waals surface area contributed by atoms with Crippen molar-refractivity contribution in [3.63, 3.8) is 0 Å². The molecule has 0 aliphatic heterocycles. The van der Waals surface area contributed by atoms with Crippen LogP contribution >= 0.6 is 23.2 Å². The van der Waals surface area contributed by atoms with E-state index in [1.807, 2.05) is 0 Å². The van der Waals surface area contributed by atoms with Gasteiger partial charge in [0.2, 0.25) is 0 Å². The lowest BCUT2D eigenvalue weighted by Gasteiger charge is -1.97. The molecule has 0 fully saturated rings. The molecule has 0 atom stereocenters. The zero-order valence-corrected chi connectivity index (χ0v) is 7.76. The van der Waals surface area contributed by atoms with E-state index in [-0.39, 0.29) is 0 Å². The lowest BCUT2D eigenvalue weighted by atomic mass is 10.2. The van der Waals surface area contributed by atoms with E-state index in [0.717, 1.165) is 0 Å². The van der Waals surface area contributed by atoms with Crippen LogP contribution in [0, 0.1) is 0 Å². The number of rotatable bonds is 0. The zero-order valence-electron chi connectivity index (χ0n) is 6.25. The summed E-state index contributed by atoms with van der Waals surface area (Å²) in [6.07, 6.45) is 1.37. The minimum absolute atomic E-state index is 0.307. The third kappa shape index (κ3) is 1.53. The number of nitrogens with zero attached hydrogens (tertiary/aromatic N) is 1. The highest BCUT2D eigenvalue weighted by atomic mass is 35.5. The molecule has 5 heteroatoms. The van der Waals surface area contributed by atoms with Gasteiger partial charge in [-0.3, -0.25) is 0 Å². The average molecular weight is 216 g/mol. The summed E-state index contributed by atoms with van der Waals surface area (Å²) in [5.74, 6) is -0.670. The van der Waals surface area contributed by atoms with E-state index in [1.54, 1.807) is 6.07 Å². The summed E-state index contributed by atoms with van der Waals surface area (Å²) in [7, 11) is 0. The normalized spacial score (nSPS) is 10.6. The topological polar surface area (TPSA) is 43.1 Å². The molecule has 0 unspecified atom stereocenters. The summed E-state index contributed by atoms with van der Waals surface area (Å²) in [6, 6.07) is 3.13. The van der Waals surface area contributed by atoms with Crippen LogP contribution in [-0.4, -0.2) is 4.98 Å². The fraction of sp³-hybridized carbons (Fsp3) is 0. The molecule has 0 saturated carbocycles. The molecule has 0 spiro atoms. The van der Waals surface area contributed by atoms with Crippen molar-refractivity contribution < 1.29 is 4.42 Å². The minimum atomic E-state index is -0.670. The smallest absolute Gasteiger partial charge is 0.406 e. The maximum Gasteiger partial charge on any atom is 0.439 e. The molecule has 1 heterocycles. The average Bonchev–Trinajstić information content (AvgIpc) is 2.06. The second kappa shape index (κ2) is 3.01. The van der Waals surface area contributed by atoms with Gasteiger partial charge in [0, 0.05) is 16.6 Å². The molecule has 0 aliphatic rings. The molecular formula is C8H3Cl2NO2. The van der Waals surface area contributed by atoms with Crippen molar-refractivity contribution in [3.05, 3.63) is 38.9 Å². The highest BCUT2D eigenvalue weighted by Crippen LogP contribution is 2.25. The van der Waals surface area contributed by atoms with Gasteiger partial charge in [0.05, 0.1) is 5.02 Å². The van der Waals surface area contributed by atoms with E-state index in [9.17, 15) is 4.79 Å². The molecule has 2 aromatic rings. The Labute approximate surface area is 82.9 Å². The van der Waals surface area contributed by atoms with Crippen molar-refractivity contribution in [1.29, 1.82) is 0 Å². The van der Waals surface area contributed by atoms with Gasteiger partial charge >= 0.3 is 5.76 Å². The van der Waals surface area contributed by atoms with Crippen LogP contribution in [0.3, 0.4) is 0 Å². The highest BCUT2D eigenvalue weighted by molar-refractivity contribution is 6.38. The predicted molar refractivity (Wildman–Crippen MR) is 50.3 cm³/mol. The van der Waals surface area contributed by atoms with E-state index >= 15 is 0 Å². The Morgan fingerprint density at radius 2 is 2.08 bits per heavy atom. The maximum absolute atomic E-state index is 10.8. The first-order chi connectivity index (χ1) is 6.16. The molecular weight excluding hydrogens is 213 g/mol. The Morgan fingerprint density at radius 3 is 2.85 bits per heavy atom. The van der Waals surface area contributed by atoms with Gasteiger partial charge in [0.25, 0.3) is 0 Å². The Balaban J connectivity index is 2.95. The van der Waals surface area contributed by atoms with Crippen molar-refractivity contribution in [2.45, 2.75) is 0 Å². The first-order valence-electron chi connectivity index (χ1n) is 3.42. The van der Waals surface area contributed by atoms with Crippen molar-refractivity contribution in [2.75, 3.05) is 0 Å². The minimum Gasteiger partial charge on any atom is -0.406 e. The number of benzene rings is 1. The largest absolute Gasteiger partial charge is 0.439 e. The second-order valence-electron chi connectivity index (χ2n) is 2.43. The van der Waals surface area contributed by atoms with Crippen LogP contribution in [-0.2, 0) is 0 Å². The van der Waals surface area contributed by atoms with Crippen molar-refractivity contribution >= 4 is 34.2 Å². The maximum atomic E-state index is 10.8. The van der Waals surface area contributed by atoms with Crippen LogP contribution in [0.5, 0.6) is 0 Å². The van der Waals surface area contributed by atoms with Gasteiger partial charge in [-0.25, -0.2) is 4.79 Å². The lowest BCUT2D eigenvalue weighted by Crippen LogP contribution is -2.01. The molecule has 13 heavy (non-hydrogen) atoms. The Morgan fingerprint density at radius 1 is 1.31 bits per heavy atom. The van der Waals surface area contributed by atoms with E-state index in [4.69, 9.17) is 27.6 Å². The van der Waals surface area contributed by atoms with Gasteiger partial charge in [-0.15, -0.1) is 0 Å². The van der Waals surface area contributed by atoms with Crippen LogP contribution in [0.25, 0.3) is 11.0 Å². The van der Waals surface area contributed by atoms with Crippen molar-refractivity contribution in [1.82, 2.24) is 4.98 Å². The van der Waals surface area contributed by atoms with Gasteiger partial charge in [-0.2, -0.15) is 4.98 Å². The summed E-state index contributed by atoms with van der Waals surface area (Å²) in [4.78, 5) is 14.2. The molecule has 0 aliphatic carbocycles. The monoisotopic (exact) mass is 215 g/mol.